The van der Waals surface area contributed by atoms with Crippen LogP contribution in [0.4, 0.5) is 5.69 Å². The molecule has 0 atom stereocenters. The fourth-order valence-electron chi connectivity index (χ4n) is 5.33. The van der Waals surface area contributed by atoms with Crippen molar-refractivity contribution in [3.8, 4) is 40.1 Å². The largest absolute Gasteiger partial charge is 0.493 e. The Morgan fingerprint density at radius 1 is 0.841 bits per heavy atom. The number of nitrogens with two attached hydrogens (primary N) is 1. The molecule has 2 N–H and O–H groups in total. The van der Waals surface area contributed by atoms with E-state index in [9.17, 15) is 0 Å². The molecule has 0 aliphatic carbocycles. The van der Waals surface area contributed by atoms with Gasteiger partial charge in [0.15, 0.2) is 23.0 Å². The van der Waals surface area contributed by atoms with E-state index < -0.39 is 0 Å². The third-order valence-corrected chi connectivity index (χ3v) is 7.79. The zero-order valence-corrected chi connectivity index (χ0v) is 25.1. The van der Waals surface area contributed by atoms with E-state index in [2.05, 4.69) is 49.6 Å². The van der Waals surface area contributed by atoms with E-state index in [1.807, 2.05) is 24.3 Å². The first-order valence-corrected chi connectivity index (χ1v) is 14.4. The van der Waals surface area contributed by atoms with Gasteiger partial charge in [-0.15, -0.1) is 15.0 Å². The molecular weight excluding hydrogens is 558 g/mol. The van der Waals surface area contributed by atoms with Gasteiger partial charge in [0.25, 0.3) is 0 Å². The van der Waals surface area contributed by atoms with Crippen molar-refractivity contribution in [3.63, 3.8) is 0 Å². The molecule has 3 heterocycles. The van der Waals surface area contributed by atoms with Gasteiger partial charge in [-0.2, -0.15) is 0 Å². The molecule has 11 heteroatoms. The van der Waals surface area contributed by atoms with Crippen LogP contribution in [0.3, 0.4) is 0 Å². The number of benzene rings is 3. The number of fused-ring (bicyclic) bond motifs is 1. The molecule has 0 radical (unpaired) electrons. The predicted octanol–water partition coefficient (Wildman–Crippen LogP) is 4.51. The molecule has 3 aromatic carbocycles. The molecule has 1 aliphatic heterocycles. The summed E-state index contributed by atoms with van der Waals surface area (Å²) in [7, 11) is 4.93. The van der Waals surface area contributed by atoms with E-state index in [0.29, 0.717) is 35.2 Å². The van der Waals surface area contributed by atoms with Crippen LogP contribution in [-0.4, -0.2) is 64.5 Å². The number of pyridine rings is 1. The summed E-state index contributed by atoms with van der Waals surface area (Å²) < 4.78 is 22.5. The number of methoxy groups -OCH3 is 3. The number of hydrogen-bond acceptors (Lipinski definition) is 10. The van der Waals surface area contributed by atoms with Crippen LogP contribution in [0.15, 0.2) is 73.1 Å². The van der Waals surface area contributed by atoms with E-state index in [1.165, 1.54) is 21.5 Å². The summed E-state index contributed by atoms with van der Waals surface area (Å²) in [4.78, 5) is 8.11. The number of nitrogens with zero attached hydrogens (tertiary/aromatic N) is 6. The van der Waals surface area contributed by atoms with E-state index >= 15 is 0 Å². The lowest BCUT2D eigenvalue weighted by atomic mass is 9.98. The highest BCUT2D eigenvalue weighted by molar-refractivity contribution is 5.75. The highest BCUT2D eigenvalue weighted by Gasteiger charge is 2.20. The number of hydrogen-bond donors (Lipinski definition) is 1. The Bertz CT molecular complexity index is 1720. The van der Waals surface area contributed by atoms with Gasteiger partial charge in [-0.3, -0.25) is 9.88 Å². The van der Waals surface area contributed by atoms with Crippen LogP contribution in [0.5, 0.6) is 23.0 Å². The van der Waals surface area contributed by atoms with Crippen molar-refractivity contribution in [1.82, 2.24) is 30.1 Å². The first-order chi connectivity index (χ1) is 21.5. The minimum absolute atomic E-state index is 0.328. The third-order valence-electron chi connectivity index (χ3n) is 7.79. The Balaban J connectivity index is 1.10. The number of anilines is 1. The molecular formula is C33H35N7O4. The average Bonchev–Trinajstić information content (AvgIpc) is 3.56. The average molecular weight is 594 g/mol. The summed E-state index contributed by atoms with van der Waals surface area (Å²) in [5, 5.41) is 13.2. The first kappa shape index (κ1) is 28.9. The lowest BCUT2D eigenvalue weighted by molar-refractivity contribution is 0.255. The van der Waals surface area contributed by atoms with Crippen molar-refractivity contribution in [2.45, 2.75) is 26.0 Å². The summed E-state index contributed by atoms with van der Waals surface area (Å²) >= 11 is 0. The smallest absolute Gasteiger partial charge is 0.207 e. The Hall–Kier alpha value is -5.16. The maximum Gasteiger partial charge on any atom is 0.207 e. The van der Waals surface area contributed by atoms with Crippen LogP contribution in [0, 0.1) is 0 Å². The summed E-state index contributed by atoms with van der Waals surface area (Å²) in [5.74, 6) is 3.00. The van der Waals surface area contributed by atoms with Gasteiger partial charge in [0, 0.05) is 54.9 Å². The Morgan fingerprint density at radius 3 is 2.32 bits per heavy atom. The van der Waals surface area contributed by atoms with Crippen molar-refractivity contribution < 1.29 is 18.9 Å². The van der Waals surface area contributed by atoms with E-state index in [-0.39, 0.29) is 0 Å². The van der Waals surface area contributed by atoms with Crippen LogP contribution in [0.1, 0.15) is 22.3 Å². The van der Waals surface area contributed by atoms with Crippen molar-refractivity contribution in [2.24, 2.45) is 0 Å². The second-order valence-electron chi connectivity index (χ2n) is 10.6. The topological polar surface area (TPSA) is 123 Å². The lowest BCUT2D eigenvalue weighted by Gasteiger charge is -2.29. The zero-order chi connectivity index (χ0) is 30.5. The highest BCUT2D eigenvalue weighted by atomic mass is 16.5. The fourth-order valence-corrected chi connectivity index (χ4v) is 5.33. The molecule has 0 bridgehead atoms. The Labute approximate surface area is 256 Å². The van der Waals surface area contributed by atoms with Crippen molar-refractivity contribution >= 4 is 5.69 Å². The molecule has 44 heavy (non-hydrogen) atoms. The van der Waals surface area contributed by atoms with Gasteiger partial charge in [0.05, 0.1) is 27.0 Å². The normalized spacial score (nSPS) is 12.9. The highest BCUT2D eigenvalue weighted by Crippen LogP contribution is 2.37. The Kier molecular flexibility index (Phi) is 8.55. The van der Waals surface area contributed by atoms with Gasteiger partial charge in [0.2, 0.25) is 5.82 Å². The van der Waals surface area contributed by atoms with Crippen LogP contribution < -0.4 is 24.7 Å². The molecule has 0 saturated carbocycles. The van der Waals surface area contributed by atoms with Gasteiger partial charge >= 0.3 is 0 Å². The van der Waals surface area contributed by atoms with Gasteiger partial charge in [-0.25, -0.2) is 0 Å². The Morgan fingerprint density at radius 2 is 1.59 bits per heavy atom. The maximum atomic E-state index is 6.34. The number of nitrogen functional groups attached to an aromatic ring is 1. The third kappa shape index (κ3) is 6.28. The van der Waals surface area contributed by atoms with E-state index in [0.717, 1.165) is 55.2 Å². The molecule has 5 aromatic rings. The maximum absolute atomic E-state index is 6.34. The molecule has 226 valence electrons. The second-order valence-corrected chi connectivity index (χ2v) is 10.6. The van der Waals surface area contributed by atoms with Crippen LogP contribution >= 0.6 is 0 Å². The summed E-state index contributed by atoms with van der Waals surface area (Å²) in [5.41, 5.74) is 13.0. The molecule has 0 spiro atoms. The molecule has 2 aromatic heterocycles. The number of rotatable bonds is 11. The van der Waals surface area contributed by atoms with Gasteiger partial charge < -0.3 is 24.7 Å². The van der Waals surface area contributed by atoms with Crippen LogP contribution in [0.2, 0.25) is 0 Å². The fraction of sp³-hybridized carbons (Fsp3) is 0.273. The summed E-state index contributed by atoms with van der Waals surface area (Å²) in [6.07, 6.45) is 5.40. The van der Waals surface area contributed by atoms with Crippen LogP contribution in [-0.2, 0) is 26.0 Å². The summed E-state index contributed by atoms with van der Waals surface area (Å²) in [6, 6.07) is 19.7. The molecule has 1 aliphatic rings. The van der Waals surface area contributed by atoms with Crippen molar-refractivity contribution in [1.29, 1.82) is 0 Å². The zero-order valence-electron chi connectivity index (χ0n) is 25.1. The quantitative estimate of drug-likeness (QED) is 0.219. The SMILES string of the molecule is COc1cc2c(cc1OC)CN(CCc1ccc(-n3nnc(-c4cc(OCc5cccnc5)c(OC)cc4N)n3)cc1)CC2. The van der Waals surface area contributed by atoms with E-state index in [1.54, 1.807) is 45.9 Å². The number of aromatic nitrogens is 5. The standard InChI is InChI=1S/C33H35N7O4/c1-41-29-15-24-11-14-39(20-25(24)16-30(29)42-2)13-10-22-6-8-26(9-7-22)40-37-33(36-38-40)27-17-32(31(43-3)18-28(27)34)44-21-23-5-4-12-35-19-23/h4-9,12,15-19H,10-11,13-14,20-21,34H2,1-3H3. The number of tetrazole rings is 1. The van der Waals surface area contributed by atoms with Crippen molar-refractivity contribution in [3.05, 3.63) is 95.3 Å². The molecule has 0 saturated heterocycles. The minimum atomic E-state index is 0.328. The summed E-state index contributed by atoms with van der Waals surface area (Å²) in [6.45, 7) is 3.19. The molecule has 6 rings (SSSR count). The molecule has 0 fully saturated rings. The second kappa shape index (κ2) is 13.0. The molecule has 0 amide bonds. The van der Waals surface area contributed by atoms with Gasteiger partial charge in [0.1, 0.15) is 6.61 Å². The predicted molar refractivity (Wildman–Crippen MR) is 166 cm³/mol. The van der Waals surface area contributed by atoms with E-state index in [4.69, 9.17) is 24.7 Å². The molecule has 11 nitrogen and oxygen atoms in total. The first-order valence-electron chi connectivity index (χ1n) is 14.4. The van der Waals surface area contributed by atoms with Gasteiger partial charge in [-0.05, 0) is 71.1 Å². The lowest BCUT2D eigenvalue weighted by Crippen LogP contribution is -2.32. The number of ether oxygens (including phenoxy) is 4. The molecule has 0 unspecified atom stereocenters. The van der Waals surface area contributed by atoms with Gasteiger partial charge in [-0.1, -0.05) is 18.2 Å². The van der Waals surface area contributed by atoms with Crippen LogP contribution in [0.25, 0.3) is 17.1 Å². The minimum Gasteiger partial charge on any atom is -0.493 e. The monoisotopic (exact) mass is 593 g/mol. The van der Waals surface area contributed by atoms with Crippen molar-refractivity contribution in [2.75, 3.05) is 40.2 Å².